The molecule has 1 atom stereocenters. The first-order chi connectivity index (χ1) is 13.3. The minimum absolute atomic E-state index is 0.115. The predicted molar refractivity (Wildman–Crippen MR) is 97.3 cm³/mol. The minimum atomic E-state index is -4.24. The molecule has 8 heteroatoms. The molecule has 1 aromatic carbocycles. The zero-order valence-electron chi connectivity index (χ0n) is 15.8. The molecule has 2 N–H and O–H groups in total. The number of nitrogens with zero attached hydrogens (tertiary/aromatic N) is 1. The average Bonchev–Trinajstić information content (AvgIpc) is 3.15. The van der Waals surface area contributed by atoms with Crippen LogP contribution in [0.2, 0.25) is 0 Å². The summed E-state index contributed by atoms with van der Waals surface area (Å²) in [5.41, 5.74) is 7.29. The van der Waals surface area contributed by atoms with Crippen LogP contribution >= 0.6 is 0 Å². The maximum Gasteiger partial charge on any atom is 0.392 e. The van der Waals surface area contributed by atoms with Crippen LogP contribution in [0, 0.1) is 5.41 Å². The molecule has 0 saturated heterocycles. The molecule has 0 aromatic heterocycles. The van der Waals surface area contributed by atoms with Crippen LogP contribution in [0.15, 0.2) is 23.2 Å². The summed E-state index contributed by atoms with van der Waals surface area (Å²) in [7, 11) is 1.74. The molecule has 4 rings (SSSR count). The number of halogens is 3. The second kappa shape index (κ2) is 6.83. The van der Waals surface area contributed by atoms with Gasteiger partial charge in [-0.15, -0.1) is 0 Å². The third-order valence-corrected chi connectivity index (χ3v) is 6.54. The Labute approximate surface area is 162 Å². The normalized spacial score (nSPS) is 31.7. The highest BCUT2D eigenvalue weighted by Gasteiger charge is 2.61. The van der Waals surface area contributed by atoms with E-state index in [1.807, 2.05) is 12.1 Å². The van der Waals surface area contributed by atoms with Gasteiger partial charge in [0.25, 0.3) is 6.02 Å². The second-order valence-electron chi connectivity index (χ2n) is 8.02. The van der Waals surface area contributed by atoms with E-state index in [1.54, 1.807) is 13.2 Å². The maximum absolute atomic E-state index is 12.4. The SMILES string of the molecule is CO[C@H]1CC[C@]2(CC1)Cc1ccc(OCCC(F)(F)F)cc1C21COC(N)=N1. The van der Waals surface area contributed by atoms with E-state index in [2.05, 4.69) is 0 Å². The van der Waals surface area contributed by atoms with Crippen molar-refractivity contribution in [3.8, 4) is 5.75 Å². The molecule has 1 heterocycles. The fourth-order valence-corrected chi connectivity index (χ4v) is 5.08. The van der Waals surface area contributed by atoms with Gasteiger partial charge in [-0.3, -0.25) is 0 Å². The van der Waals surface area contributed by atoms with Crippen molar-refractivity contribution in [2.75, 3.05) is 20.3 Å². The first kappa shape index (κ1) is 19.4. The molecule has 0 bridgehead atoms. The highest BCUT2D eigenvalue weighted by atomic mass is 19.4. The number of fused-ring (bicyclic) bond motifs is 3. The predicted octanol–water partition coefficient (Wildman–Crippen LogP) is 3.69. The molecule has 1 aromatic rings. The average molecular weight is 398 g/mol. The summed E-state index contributed by atoms with van der Waals surface area (Å²) < 4.78 is 53.8. The van der Waals surface area contributed by atoms with Crippen molar-refractivity contribution in [2.24, 2.45) is 16.1 Å². The molecule has 1 saturated carbocycles. The maximum atomic E-state index is 12.4. The molecular formula is C20H25F3N2O3. The second-order valence-corrected chi connectivity index (χ2v) is 8.02. The van der Waals surface area contributed by atoms with Crippen molar-refractivity contribution in [3.63, 3.8) is 0 Å². The van der Waals surface area contributed by atoms with Crippen molar-refractivity contribution in [1.29, 1.82) is 0 Å². The van der Waals surface area contributed by atoms with Gasteiger partial charge in [-0.05, 0) is 55.4 Å². The van der Waals surface area contributed by atoms with Crippen LogP contribution in [0.4, 0.5) is 13.2 Å². The van der Waals surface area contributed by atoms with Gasteiger partial charge in [0.2, 0.25) is 0 Å². The van der Waals surface area contributed by atoms with Gasteiger partial charge in [0.05, 0.1) is 19.1 Å². The number of methoxy groups -OCH3 is 1. The number of hydrogen-bond donors (Lipinski definition) is 1. The van der Waals surface area contributed by atoms with E-state index in [9.17, 15) is 13.2 Å². The van der Waals surface area contributed by atoms with E-state index >= 15 is 0 Å². The first-order valence-corrected chi connectivity index (χ1v) is 9.61. The number of ether oxygens (including phenoxy) is 3. The number of alkyl halides is 3. The van der Waals surface area contributed by atoms with E-state index in [0.29, 0.717) is 12.4 Å². The summed E-state index contributed by atoms with van der Waals surface area (Å²) in [4.78, 5) is 4.75. The third-order valence-electron chi connectivity index (χ3n) is 6.54. The fourth-order valence-electron chi connectivity index (χ4n) is 5.08. The van der Waals surface area contributed by atoms with Gasteiger partial charge in [-0.25, -0.2) is 4.99 Å². The summed E-state index contributed by atoms with van der Waals surface area (Å²) in [6.45, 7) is -0.0483. The molecule has 1 unspecified atom stereocenters. The zero-order chi connectivity index (χ0) is 20.0. The lowest BCUT2D eigenvalue weighted by atomic mass is 9.62. The highest BCUT2D eigenvalue weighted by molar-refractivity contribution is 5.75. The number of benzene rings is 1. The Morgan fingerprint density at radius 3 is 2.64 bits per heavy atom. The molecule has 1 aliphatic heterocycles. The summed E-state index contributed by atoms with van der Waals surface area (Å²) >= 11 is 0. The van der Waals surface area contributed by atoms with Crippen molar-refractivity contribution >= 4 is 6.02 Å². The van der Waals surface area contributed by atoms with Crippen molar-refractivity contribution < 1.29 is 27.4 Å². The Kier molecular flexibility index (Phi) is 4.72. The van der Waals surface area contributed by atoms with Crippen LogP contribution < -0.4 is 10.5 Å². The monoisotopic (exact) mass is 398 g/mol. The molecule has 5 nitrogen and oxygen atoms in total. The van der Waals surface area contributed by atoms with Crippen LogP contribution in [-0.4, -0.2) is 38.6 Å². The van der Waals surface area contributed by atoms with Gasteiger partial charge >= 0.3 is 6.18 Å². The summed E-state index contributed by atoms with van der Waals surface area (Å²) in [6, 6.07) is 5.69. The van der Waals surface area contributed by atoms with Gasteiger partial charge in [0, 0.05) is 12.5 Å². The first-order valence-electron chi connectivity index (χ1n) is 9.61. The Morgan fingerprint density at radius 2 is 2.04 bits per heavy atom. The molecule has 1 fully saturated rings. The summed E-state index contributed by atoms with van der Waals surface area (Å²) in [6.07, 6.45) is -0.369. The zero-order valence-corrected chi connectivity index (χ0v) is 15.8. The Hall–Kier alpha value is -1.96. The molecule has 0 amide bonds. The third kappa shape index (κ3) is 3.21. The number of aliphatic imine (C=N–C) groups is 1. The number of amidine groups is 1. The van der Waals surface area contributed by atoms with E-state index in [4.69, 9.17) is 24.9 Å². The Bertz CT molecular complexity index is 772. The van der Waals surface area contributed by atoms with Gasteiger partial charge in [-0.1, -0.05) is 6.07 Å². The van der Waals surface area contributed by atoms with Crippen LogP contribution in [0.25, 0.3) is 0 Å². The van der Waals surface area contributed by atoms with Crippen molar-refractivity contribution in [2.45, 2.75) is 56.3 Å². The highest BCUT2D eigenvalue weighted by Crippen LogP contribution is 2.61. The quantitative estimate of drug-likeness (QED) is 0.840. The Morgan fingerprint density at radius 1 is 1.29 bits per heavy atom. The van der Waals surface area contributed by atoms with Gasteiger partial charge in [0.15, 0.2) is 0 Å². The van der Waals surface area contributed by atoms with E-state index in [1.165, 1.54) is 0 Å². The molecule has 2 aliphatic carbocycles. The molecular weight excluding hydrogens is 373 g/mol. The standard InChI is InChI=1S/C20H25F3N2O3/c1-26-14-4-6-18(7-5-14)11-13-2-3-15(27-9-8-20(21,22)23)10-16(13)19(18)12-28-17(24)25-19/h2-3,10,14H,4-9,11-12H2,1H3,(H2,24,25)/t14-,18-,19?. The minimum Gasteiger partial charge on any atom is -0.493 e. The van der Waals surface area contributed by atoms with Gasteiger partial charge in [-0.2, -0.15) is 13.2 Å². The molecule has 28 heavy (non-hydrogen) atoms. The van der Waals surface area contributed by atoms with Crippen LogP contribution in [0.3, 0.4) is 0 Å². The number of rotatable bonds is 4. The molecule has 154 valence electrons. The lowest BCUT2D eigenvalue weighted by Crippen LogP contribution is -2.46. The van der Waals surface area contributed by atoms with Crippen LogP contribution in [-0.2, 0) is 21.4 Å². The molecule has 3 aliphatic rings. The summed E-state index contributed by atoms with van der Waals surface area (Å²) in [5, 5.41) is 0. The van der Waals surface area contributed by atoms with Crippen molar-refractivity contribution in [1.82, 2.24) is 0 Å². The van der Waals surface area contributed by atoms with Crippen molar-refractivity contribution in [3.05, 3.63) is 29.3 Å². The van der Waals surface area contributed by atoms with Gasteiger partial charge in [0.1, 0.15) is 17.9 Å². The van der Waals surface area contributed by atoms with Gasteiger partial charge < -0.3 is 19.9 Å². The topological polar surface area (TPSA) is 66.1 Å². The number of nitrogens with two attached hydrogens (primary N) is 1. The summed E-state index contributed by atoms with van der Waals surface area (Å²) in [5.74, 6) is 0.422. The molecule has 2 spiro atoms. The molecule has 0 radical (unpaired) electrons. The Balaban J connectivity index is 1.63. The lowest BCUT2D eigenvalue weighted by molar-refractivity contribution is -0.139. The smallest absolute Gasteiger partial charge is 0.392 e. The number of hydrogen-bond acceptors (Lipinski definition) is 5. The van der Waals surface area contributed by atoms with E-state index < -0.39 is 24.7 Å². The fraction of sp³-hybridized carbons (Fsp3) is 0.650. The largest absolute Gasteiger partial charge is 0.493 e. The lowest BCUT2D eigenvalue weighted by Gasteiger charge is -2.45. The van der Waals surface area contributed by atoms with Crippen LogP contribution in [0.1, 0.15) is 43.2 Å². The van der Waals surface area contributed by atoms with E-state index in [-0.39, 0.29) is 17.5 Å². The van der Waals surface area contributed by atoms with E-state index in [0.717, 1.165) is 43.2 Å². The van der Waals surface area contributed by atoms with Crippen LogP contribution in [0.5, 0.6) is 5.75 Å².